The maximum atomic E-state index is 11.0. The number of pyridine rings is 1. The average molecular weight is 206 g/mol. The number of carbonyl (C=O) groups excluding carboxylic acids is 2. The molecule has 0 spiro atoms. The highest BCUT2D eigenvalue weighted by atomic mass is 16.4. The highest BCUT2D eigenvalue weighted by Crippen LogP contribution is 1.92. The number of carboxylic acid groups (broad SMARTS) is 1. The summed E-state index contributed by atoms with van der Waals surface area (Å²) in [7, 11) is 0. The normalized spacial score (nSPS) is 10.1. The molecule has 0 radical (unpaired) electrons. The fourth-order valence-corrected chi connectivity index (χ4v) is 0.931. The largest absolute Gasteiger partial charge is 0.545 e. The summed E-state index contributed by atoms with van der Waals surface area (Å²) < 4.78 is 0. The molecule has 0 aromatic carbocycles. The molecule has 0 aliphatic carbocycles. The number of carbonyl (C=O) groups is 2. The molecule has 1 aromatic rings. The van der Waals surface area contributed by atoms with Crippen LogP contribution in [0, 0.1) is 0 Å². The minimum Gasteiger partial charge on any atom is -0.545 e. The Morgan fingerprint density at radius 1 is 1.33 bits per heavy atom. The Balaban J connectivity index is 2.38. The summed E-state index contributed by atoms with van der Waals surface area (Å²) in [6.45, 7) is 0.352. The quantitative estimate of drug-likeness (QED) is 0.604. The summed E-state index contributed by atoms with van der Waals surface area (Å²) in [5, 5.41) is 12.5. The van der Waals surface area contributed by atoms with E-state index in [0.29, 0.717) is 12.6 Å². The van der Waals surface area contributed by atoms with Gasteiger partial charge >= 0.3 is 0 Å². The van der Waals surface area contributed by atoms with Crippen LogP contribution in [-0.4, -0.2) is 11.9 Å². The second-order valence-corrected chi connectivity index (χ2v) is 2.78. The Morgan fingerprint density at radius 2 is 2.00 bits per heavy atom. The molecule has 0 atom stereocenters. The molecule has 0 fully saturated rings. The van der Waals surface area contributed by atoms with Gasteiger partial charge in [0.2, 0.25) is 5.91 Å². The van der Waals surface area contributed by atoms with Crippen molar-refractivity contribution >= 4 is 11.9 Å². The van der Waals surface area contributed by atoms with Gasteiger partial charge in [0.25, 0.3) is 0 Å². The molecule has 0 saturated carbocycles. The molecule has 0 bridgehead atoms. The van der Waals surface area contributed by atoms with Gasteiger partial charge in [-0.05, 0) is 11.6 Å². The summed E-state index contributed by atoms with van der Waals surface area (Å²) in [6, 6.07) is 3.62. The lowest BCUT2D eigenvalue weighted by Crippen LogP contribution is -2.23. The average Bonchev–Trinajstić information content (AvgIpc) is 2.25. The van der Waals surface area contributed by atoms with Crippen molar-refractivity contribution in [2.45, 2.75) is 6.54 Å². The van der Waals surface area contributed by atoms with Crippen molar-refractivity contribution in [3.8, 4) is 0 Å². The van der Waals surface area contributed by atoms with E-state index in [1.165, 1.54) is 0 Å². The van der Waals surface area contributed by atoms with Crippen molar-refractivity contribution in [2.75, 3.05) is 0 Å². The Kier molecular flexibility index (Phi) is 4.03. The molecule has 0 aliphatic heterocycles. The molecule has 1 heterocycles. The predicted octanol–water partition coefficient (Wildman–Crippen LogP) is -1.58. The van der Waals surface area contributed by atoms with Crippen molar-refractivity contribution in [3.63, 3.8) is 0 Å². The van der Waals surface area contributed by atoms with Gasteiger partial charge in [-0.3, -0.25) is 4.79 Å². The standard InChI is InChI=1S/C10H10N2O3/c13-9(1-2-10(14)15)12-7-8-3-5-11-6-4-8/h1-6H,7H2,(H,12,13)(H,14,15). The molecular weight excluding hydrogens is 196 g/mol. The number of hydrogen-bond donors (Lipinski definition) is 1. The van der Waals surface area contributed by atoms with Crippen LogP contribution >= 0.6 is 0 Å². The van der Waals surface area contributed by atoms with E-state index in [9.17, 15) is 14.7 Å². The molecule has 15 heavy (non-hydrogen) atoms. The topological polar surface area (TPSA) is 83.4 Å². The van der Waals surface area contributed by atoms with E-state index in [0.717, 1.165) is 11.6 Å². The molecule has 0 unspecified atom stereocenters. The number of hydrogen-bond acceptors (Lipinski definition) is 3. The summed E-state index contributed by atoms with van der Waals surface area (Å²) >= 11 is 0. The highest BCUT2D eigenvalue weighted by molar-refractivity contribution is 5.93. The van der Waals surface area contributed by atoms with Crippen LogP contribution in [-0.2, 0) is 16.1 Å². The molecular formula is C10H10N2O3. The lowest BCUT2D eigenvalue weighted by molar-refractivity contribution is -0.378. The first kappa shape index (κ1) is 10.9. The van der Waals surface area contributed by atoms with Crippen LogP contribution in [0.4, 0.5) is 0 Å². The van der Waals surface area contributed by atoms with Crippen LogP contribution in [0.15, 0.2) is 36.7 Å². The summed E-state index contributed by atoms with van der Waals surface area (Å²) in [5.74, 6) is -1.86. The van der Waals surface area contributed by atoms with Crippen molar-refractivity contribution in [2.24, 2.45) is 0 Å². The first-order valence-corrected chi connectivity index (χ1v) is 4.30. The van der Waals surface area contributed by atoms with Crippen molar-refractivity contribution in [3.05, 3.63) is 42.2 Å². The number of nitrogens with one attached hydrogen (secondary N) is 2. The van der Waals surface area contributed by atoms with E-state index < -0.39 is 11.9 Å². The van der Waals surface area contributed by atoms with Crippen LogP contribution in [0.25, 0.3) is 0 Å². The molecule has 0 aliphatic rings. The third-order valence-corrected chi connectivity index (χ3v) is 1.62. The van der Waals surface area contributed by atoms with E-state index in [-0.39, 0.29) is 0 Å². The molecule has 0 saturated heterocycles. The van der Waals surface area contributed by atoms with Gasteiger partial charge in [0.05, 0.1) is 5.97 Å². The van der Waals surface area contributed by atoms with Crippen molar-refractivity contribution < 1.29 is 19.7 Å². The maximum absolute atomic E-state index is 11.0. The van der Waals surface area contributed by atoms with Gasteiger partial charge in [-0.1, -0.05) is 0 Å². The maximum Gasteiger partial charge on any atom is 0.244 e. The third-order valence-electron chi connectivity index (χ3n) is 1.62. The molecule has 78 valence electrons. The smallest absolute Gasteiger partial charge is 0.244 e. The fraction of sp³-hybridized carbons (Fsp3) is 0.100. The van der Waals surface area contributed by atoms with Gasteiger partial charge in [0.1, 0.15) is 0 Å². The van der Waals surface area contributed by atoms with E-state index >= 15 is 0 Å². The third kappa shape index (κ3) is 4.56. The molecule has 1 amide bonds. The van der Waals surface area contributed by atoms with Crippen LogP contribution in [0.1, 0.15) is 5.56 Å². The van der Waals surface area contributed by atoms with Crippen LogP contribution in [0.5, 0.6) is 0 Å². The summed E-state index contributed by atoms with van der Waals surface area (Å²) in [4.78, 5) is 23.9. The van der Waals surface area contributed by atoms with Gasteiger partial charge in [0, 0.05) is 24.8 Å². The fourth-order valence-electron chi connectivity index (χ4n) is 0.931. The van der Waals surface area contributed by atoms with Gasteiger partial charge in [-0.2, -0.15) is 0 Å². The molecule has 1 rings (SSSR count). The molecule has 5 heteroatoms. The zero-order chi connectivity index (χ0) is 11.1. The predicted molar refractivity (Wildman–Crippen MR) is 49.0 cm³/mol. The number of aromatic amines is 1. The first-order chi connectivity index (χ1) is 7.18. The minimum absolute atomic E-state index is 0.352. The SMILES string of the molecule is O=C([O-])C=CC(=O)NCc1cc[nH+]cc1. The van der Waals surface area contributed by atoms with Crippen LogP contribution in [0.2, 0.25) is 0 Å². The van der Waals surface area contributed by atoms with Crippen molar-refractivity contribution in [1.82, 2.24) is 5.32 Å². The number of H-pyrrole nitrogens is 1. The Hall–Kier alpha value is -2.17. The number of aliphatic carboxylic acids is 1. The van der Waals surface area contributed by atoms with Crippen LogP contribution in [0.3, 0.4) is 0 Å². The summed E-state index contributed by atoms with van der Waals surface area (Å²) in [5.41, 5.74) is 0.920. The monoisotopic (exact) mass is 206 g/mol. The highest BCUT2D eigenvalue weighted by Gasteiger charge is 1.96. The van der Waals surface area contributed by atoms with Gasteiger partial charge in [0.15, 0.2) is 12.4 Å². The Morgan fingerprint density at radius 3 is 2.60 bits per heavy atom. The second-order valence-electron chi connectivity index (χ2n) is 2.78. The van der Waals surface area contributed by atoms with Gasteiger partial charge in [-0.15, -0.1) is 0 Å². The number of amides is 1. The number of rotatable bonds is 4. The lowest BCUT2D eigenvalue weighted by atomic mass is 10.3. The lowest BCUT2D eigenvalue weighted by Gasteiger charge is -2.00. The molecule has 2 N–H and O–H groups in total. The van der Waals surface area contributed by atoms with Crippen molar-refractivity contribution in [1.29, 1.82) is 0 Å². The second kappa shape index (κ2) is 5.54. The number of carboxylic acids is 1. The molecule has 5 nitrogen and oxygen atoms in total. The van der Waals surface area contributed by atoms with E-state index in [1.54, 1.807) is 12.4 Å². The van der Waals surface area contributed by atoms with E-state index in [4.69, 9.17) is 0 Å². The Labute approximate surface area is 86.5 Å². The Bertz CT molecular complexity index is 374. The minimum atomic E-state index is -1.39. The first-order valence-electron chi connectivity index (χ1n) is 4.30. The molecule has 1 aromatic heterocycles. The van der Waals surface area contributed by atoms with E-state index in [2.05, 4.69) is 10.3 Å². The number of aromatic nitrogens is 1. The van der Waals surface area contributed by atoms with Crippen LogP contribution < -0.4 is 15.4 Å². The van der Waals surface area contributed by atoms with Gasteiger partial charge < -0.3 is 15.2 Å². The van der Waals surface area contributed by atoms with Gasteiger partial charge in [-0.25, -0.2) is 4.98 Å². The zero-order valence-electron chi connectivity index (χ0n) is 7.90. The van der Waals surface area contributed by atoms with E-state index in [1.807, 2.05) is 12.1 Å². The summed E-state index contributed by atoms with van der Waals surface area (Å²) in [6.07, 6.45) is 5.08. The zero-order valence-corrected chi connectivity index (χ0v) is 7.90.